The van der Waals surface area contributed by atoms with E-state index in [1.807, 2.05) is 7.05 Å². The van der Waals surface area contributed by atoms with Crippen LogP contribution in [0.4, 0.5) is 0 Å². The average Bonchev–Trinajstić information content (AvgIpc) is 2.36. The first-order chi connectivity index (χ1) is 8.39. The van der Waals surface area contributed by atoms with E-state index in [1.165, 1.54) is 19.3 Å². The molecule has 0 aromatic carbocycles. The molecule has 1 N–H and O–H groups in total. The van der Waals surface area contributed by atoms with E-state index >= 15 is 0 Å². The predicted molar refractivity (Wildman–Crippen MR) is 77.5 cm³/mol. The fourth-order valence-corrected chi connectivity index (χ4v) is 4.03. The Bertz CT molecular complexity index is 338. The molecule has 3 nitrogen and oxygen atoms in total. The SMILES string of the molecule is CCS(=O)(=O)CCC1CC(C(C)C)CCC1NC. The normalized spacial score (nSPS) is 29.7. The van der Waals surface area contributed by atoms with Crippen molar-refractivity contribution in [2.75, 3.05) is 18.6 Å². The van der Waals surface area contributed by atoms with E-state index in [2.05, 4.69) is 19.2 Å². The second-order valence-corrected chi connectivity index (χ2v) is 8.47. The van der Waals surface area contributed by atoms with Gasteiger partial charge in [0.1, 0.15) is 9.84 Å². The van der Waals surface area contributed by atoms with Crippen molar-refractivity contribution < 1.29 is 8.42 Å². The lowest BCUT2D eigenvalue weighted by Gasteiger charge is -2.38. The highest BCUT2D eigenvalue weighted by molar-refractivity contribution is 7.91. The molecule has 0 aromatic rings. The van der Waals surface area contributed by atoms with E-state index in [0.717, 1.165) is 12.3 Å². The minimum atomic E-state index is -2.82. The summed E-state index contributed by atoms with van der Waals surface area (Å²) in [4.78, 5) is 0. The number of hydrogen-bond acceptors (Lipinski definition) is 3. The van der Waals surface area contributed by atoms with Crippen LogP contribution in [0.1, 0.15) is 46.5 Å². The van der Waals surface area contributed by atoms with Crippen molar-refractivity contribution in [2.45, 2.75) is 52.5 Å². The lowest BCUT2D eigenvalue weighted by atomic mass is 9.73. The van der Waals surface area contributed by atoms with Crippen LogP contribution < -0.4 is 5.32 Å². The standard InChI is InChI=1S/C14H29NO2S/c1-5-18(16,17)9-8-13-10-12(11(2)3)6-7-14(13)15-4/h11-15H,5-10H2,1-4H3. The summed E-state index contributed by atoms with van der Waals surface area (Å²) in [7, 11) is -0.814. The third-order valence-corrected chi connectivity index (χ3v) is 6.31. The molecule has 0 radical (unpaired) electrons. The molecule has 1 saturated carbocycles. The third kappa shape index (κ3) is 4.54. The molecule has 0 spiro atoms. The molecule has 0 aromatic heterocycles. The van der Waals surface area contributed by atoms with Crippen LogP contribution in [-0.2, 0) is 9.84 Å². The van der Waals surface area contributed by atoms with E-state index < -0.39 is 9.84 Å². The number of nitrogens with one attached hydrogen (secondary N) is 1. The van der Waals surface area contributed by atoms with E-state index in [-0.39, 0.29) is 5.75 Å². The third-order valence-electron chi connectivity index (χ3n) is 4.58. The molecule has 3 unspecified atom stereocenters. The average molecular weight is 275 g/mol. The molecular formula is C14H29NO2S. The Morgan fingerprint density at radius 1 is 1.28 bits per heavy atom. The monoisotopic (exact) mass is 275 g/mol. The highest BCUT2D eigenvalue weighted by Gasteiger charge is 2.31. The summed E-state index contributed by atoms with van der Waals surface area (Å²) in [6.45, 7) is 6.30. The molecule has 0 amide bonds. The summed E-state index contributed by atoms with van der Waals surface area (Å²) >= 11 is 0. The van der Waals surface area contributed by atoms with Gasteiger partial charge in [0.2, 0.25) is 0 Å². The van der Waals surface area contributed by atoms with Crippen LogP contribution in [0.5, 0.6) is 0 Å². The molecule has 1 aliphatic rings. The van der Waals surface area contributed by atoms with Gasteiger partial charge < -0.3 is 5.32 Å². The van der Waals surface area contributed by atoms with Gasteiger partial charge in [0, 0.05) is 11.8 Å². The Hall–Kier alpha value is -0.0900. The summed E-state index contributed by atoms with van der Waals surface area (Å²) < 4.78 is 23.3. The van der Waals surface area contributed by atoms with Gasteiger partial charge in [0.15, 0.2) is 0 Å². The molecule has 0 saturated heterocycles. The first-order valence-corrected chi connectivity index (χ1v) is 9.09. The second-order valence-electron chi connectivity index (χ2n) is 6.00. The zero-order valence-electron chi connectivity index (χ0n) is 12.3. The van der Waals surface area contributed by atoms with E-state index in [4.69, 9.17) is 0 Å². The van der Waals surface area contributed by atoms with Gasteiger partial charge in [-0.2, -0.15) is 0 Å². The van der Waals surface area contributed by atoms with Gasteiger partial charge in [0.25, 0.3) is 0 Å². The summed E-state index contributed by atoms with van der Waals surface area (Å²) in [5, 5.41) is 3.37. The first kappa shape index (κ1) is 16.0. The van der Waals surface area contributed by atoms with E-state index in [1.54, 1.807) is 6.92 Å². The Balaban J connectivity index is 2.58. The molecule has 0 bridgehead atoms. The largest absolute Gasteiger partial charge is 0.317 e. The molecule has 18 heavy (non-hydrogen) atoms. The maximum Gasteiger partial charge on any atom is 0.150 e. The van der Waals surface area contributed by atoms with Gasteiger partial charge in [-0.15, -0.1) is 0 Å². The van der Waals surface area contributed by atoms with Crippen LogP contribution in [0, 0.1) is 17.8 Å². The van der Waals surface area contributed by atoms with Gasteiger partial charge in [0.05, 0.1) is 5.75 Å². The molecule has 3 atom stereocenters. The van der Waals surface area contributed by atoms with E-state index in [0.29, 0.717) is 23.6 Å². The fraction of sp³-hybridized carbons (Fsp3) is 1.00. The molecule has 0 heterocycles. The molecule has 1 rings (SSSR count). The summed E-state index contributed by atoms with van der Waals surface area (Å²) in [6.07, 6.45) is 4.48. The highest BCUT2D eigenvalue weighted by Crippen LogP contribution is 2.35. The predicted octanol–water partition coefficient (Wildman–Crippen LogP) is 2.47. The molecule has 0 aliphatic heterocycles. The minimum absolute atomic E-state index is 0.275. The quantitative estimate of drug-likeness (QED) is 0.810. The van der Waals surface area contributed by atoms with Crippen molar-refractivity contribution in [3.05, 3.63) is 0 Å². The molecule has 108 valence electrons. The zero-order valence-corrected chi connectivity index (χ0v) is 13.1. The van der Waals surface area contributed by atoms with Crippen molar-refractivity contribution in [1.82, 2.24) is 5.32 Å². The van der Waals surface area contributed by atoms with Gasteiger partial charge >= 0.3 is 0 Å². The van der Waals surface area contributed by atoms with Gasteiger partial charge in [-0.05, 0) is 50.5 Å². The van der Waals surface area contributed by atoms with Gasteiger partial charge in [-0.3, -0.25) is 0 Å². The van der Waals surface area contributed by atoms with Crippen molar-refractivity contribution in [2.24, 2.45) is 17.8 Å². The molecule has 4 heteroatoms. The fourth-order valence-electron chi connectivity index (χ4n) is 3.08. The Morgan fingerprint density at radius 2 is 1.94 bits per heavy atom. The first-order valence-electron chi connectivity index (χ1n) is 7.27. The number of sulfone groups is 1. The maximum absolute atomic E-state index is 11.6. The van der Waals surface area contributed by atoms with Crippen LogP contribution in [0.3, 0.4) is 0 Å². The minimum Gasteiger partial charge on any atom is -0.317 e. The van der Waals surface area contributed by atoms with Crippen molar-refractivity contribution in [1.29, 1.82) is 0 Å². The van der Waals surface area contributed by atoms with Crippen molar-refractivity contribution in [3.8, 4) is 0 Å². The number of hydrogen-bond donors (Lipinski definition) is 1. The summed E-state index contributed by atoms with van der Waals surface area (Å²) in [5.74, 6) is 2.64. The number of rotatable bonds is 6. The molecule has 1 fully saturated rings. The molecular weight excluding hydrogens is 246 g/mol. The van der Waals surface area contributed by atoms with Crippen LogP contribution in [-0.4, -0.2) is 33.0 Å². The summed E-state index contributed by atoms with van der Waals surface area (Å²) in [5.41, 5.74) is 0. The lowest BCUT2D eigenvalue weighted by molar-refractivity contribution is 0.170. The highest BCUT2D eigenvalue weighted by atomic mass is 32.2. The second kappa shape index (κ2) is 6.90. The van der Waals surface area contributed by atoms with E-state index in [9.17, 15) is 8.42 Å². The van der Waals surface area contributed by atoms with Crippen LogP contribution >= 0.6 is 0 Å². The summed E-state index contributed by atoms with van der Waals surface area (Å²) in [6, 6.07) is 0.507. The van der Waals surface area contributed by atoms with Gasteiger partial charge in [-0.25, -0.2) is 8.42 Å². The van der Waals surface area contributed by atoms with Crippen LogP contribution in [0.25, 0.3) is 0 Å². The Morgan fingerprint density at radius 3 is 2.44 bits per heavy atom. The van der Waals surface area contributed by atoms with Gasteiger partial charge in [-0.1, -0.05) is 20.8 Å². The smallest absolute Gasteiger partial charge is 0.150 e. The Labute approximate surface area is 113 Å². The Kier molecular flexibility index (Phi) is 6.12. The van der Waals surface area contributed by atoms with Crippen LogP contribution in [0.15, 0.2) is 0 Å². The molecule has 1 aliphatic carbocycles. The van der Waals surface area contributed by atoms with Crippen molar-refractivity contribution >= 4 is 9.84 Å². The lowest BCUT2D eigenvalue weighted by Crippen LogP contribution is -2.40. The maximum atomic E-state index is 11.6. The zero-order chi connectivity index (χ0) is 13.8. The van der Waals surface area contributed by atoms with Crippen molar-refractivity contribution in [3.63, 3.8) is 0 Å². The van der Waals surface area contributed by atoms with Crippen LogP contribution in [0.2, 0.25) is 0 Å². The topological polar surface area (TPSA) is 46.2 Å².